The Morgan fingerprint density at radius 3 is 2.30 bits per heavy atom. The minimum absolute atomic E-state index is 0.109. The van der Waals surface area contributed by atoms with Crippen LogP contribution in [0.3, 0.4) is 0 Å². The van der Waals surface area contributed by atoms with Crippen molar-refractivity contribution in [3.63, 3.8) is 0 Å². The Morgan fingerprint density at radius 1 is 1.22 bits per heavy atom. The zero-order valence-corrected chi connectivity index (χ0v) is 14.9. The molecule has 1 aromatic carbocycles. The van der Waals surface area contributed by atoms with E-state index in [1.54, 1.807) is 7.11 Å². The summed E-state index contributed by atoms with van der Waals surface area (Å²) in [6.07, 6.45) is 2.63. The van der Waals surface area contributed by atoms with Crippen LogP contribution < -0.4 is 4.74 Å². The van der Waals surface area contributed by atoms with E-state index in [9.17, 15) is 0 Å². The fourth-order valence-electron chi connectivity index (χ4n) is 2.68. The Labute approximate surface area is 140 Å². The molecule has 0 unspecified atom stereocenters. The van der Waals surface area contributed by atoms with E-state index in [-0.39, 0.29) is 17.1 Å². The topological polar surface area (TPSA) is 27.7 Å². The van der Waals surface area contributed by atoms with Crippen molar-refractivity contribution in [2.24, 2.45) is 0 Å². The molecule has 4 heteroatoms. The molecule has 0 radical (unpaired) electrons. The van der Waals surface area contributed by atoms with Crippen molar-refractivity contribution >= 4 is 7.12 Å². The summed E-state index contributed by atoms with van der Waals surface area (Å²) in [4.78, 5) is 0. The Kier molecular flexibility index (Phi) is 5.07. The van der Waals surface area contributed by atoms with Crippen LogP contribution in [0.4, 0.5) is 0 Å². The molecule has 0 N–H and O–H groups in total. The Hall–Kier alpha value is -1.52. The zero-order chi connectivity index (χ0) is 17.3. The molecule has 0 saturated carbocycles. The van der Waals surface area contributed by atoms with Crippen LogP contribution >= 0.6 is 0 Å². The first-order valence-electron chi connectivity index (χ1n) is 8.00. The second-order valence-corrected chi connectivity index (χ2v) is 7.03. The van der Waals surface area contributed by atoms with Gasteiger partial charge in [-0.25, -0.2) is 0 Å². The van der Waals surface area contributed by atoms with E-state index < -0.39 is 7.12 Å². The molecule has 0 spiro atoms. The Bertz CT molecular complexity index is 576. The lowest BCUT2D eigenvalue weighted by Crippen LogP contribution is -2.41. The Balaban J connectivity index is 2.14. The van der Waals surface area contributed by atoms with Crippen LogP contribution in [0, 0.1) is 0 Å². The number of rotatable bonds is 6. The van der Waals surface area contributed by atoms with E-state index in [0.29, 0.717) is 6.42 Å². The number of hydrogen-bond donors (Lipinski definition) is 0. The minimum Gasteiger partial charge on any atom is -0.496 e. The first-order valence-corrected chi connectivity index (χ1v) is 8.00. The van der Waals surface area contributed by atoms with Crippen molar-refractivity contribution in [3.05, 3.63) is 54.5 Å². The Morgan fingerprint density at radius 2 is 1.78 bits per heavy atom. The monoisotopic (exact) mass is 314 g/mol. The van der Waals surface area contributed by atoms with Gasteiger partial charge in [-0.05, 0) is 45.7 Å². The van der Waals surface area contributed by atoms with Crippen molar-refractivity contribution in [2.45, 2.75) is 51.2 Å². The second kappa shape index (κ2) is 6.54. The molecular formula is C19H27BO3. The number of allylic oxidation sites excluding steroid dienone is 2. The first-order chi connectivity index (χ1) is 10.7. The van der Waals surface area contributed by atoms with Crippen LogP contribution in [0.5, 0.6) is 5.75 Å². The molecule has 23 heavy (non-hydrogen) atoms. The predicted octanol–water partition coefficient (Wildman–Crippen LogP) is 4.54. The number of methoxy groups -OCH3 is 1. The van der Waals surface area contributed by atoms with Gasteiger partial charge in [0.25, 0.3) is 0 Å². The highest BCUT2D eigenvalue weighted by Crippen LogP contribution is 2.40. The van der Waals surface area contributed by atoms with E-state index in [1.165, 1.54) is 0 Å². The number of para-hydroxylation sites is 1. The highest BCUT2D eigenvalue weighted by molar-refractivity contribution is 6.54. The maximum Gasteiger partial charge on any atom is 0.489 e. The molecule has 1 aliphatic heterocycles. The molecule has 2 rings (SSSR count). The minimum atomic E-state index is -0.392. The van der Waals surface area contributed by atoms with Crippen molar-refractivity contribution in [2.75, 3.05) is 7.11 Å². The van der Waals surface area contributed by atoms with Gasteiger partial charge in [0.2, 0.25) is 0 Å². The molecule has 0 aliphatic carbocycles. The van der Waals surface area contributed by atoms with Crippen molar-refractivity contribution in [3.8, 4) is 5.75 Å². The molecule has 0 amide bonds. The van der Waals surface area contributed by atoms with E-state index >= 15 is 0 Å². The van der Waals surface area contributed by atoms with Crippen molar-refractivity contribution in [1.29, 1.82) is 0 Å². The average molecular weight is 314 g/mol. The summed E-state index contributed by atoms with van der Waals surface area (Å²) in [5.74, 6) is 0.969. The van der Waals surface area contributed by atoms with Crippen LogP contribution in [0.1, 0.15) is 45.6 Å². The number of benzene rings is 1. The fraction of sp³-hybridized carbons (Fsp3) is 0.474. The van der Waals surface area contributed by atoms with Gasteiger partial charge in [-0.2, -0.15) is 0 Å². The quantitative estimate of drug-likeness (QED) is 0.570. The lowest BCUT2D eigenvalue weighted by atomic mass is 9.73. The third-order valence-corrected chi connectivity index (χ3v) is 4.89. The summed E-state index contributed by atoms with van der Waals surface area (Å²) in [6.45, 7) is 16.4. The number of ether oxygens (including phenoxy) is 1. The molecule has 0 bridgehead atoms. The molecular weight excluding hydrogens is 287 g/mol. The highest BCUT2D eigenvalue weighted by atomic mass is 16.7. The molecule has 0 aromatic heterocycles. The third-order valence-electron chi connectivity index (χ3n) is 4.89. The van der Waals surface area contributed by atoms with Crippen LogP contribution in [-0.4, -0.2) is 25.4 Å². The van der Waals surface area contributed by atoms with E-state index in [2.05, 4.69) is 19.2 Å². The number of hydrogen-bond acceptors (Lipinski definition) is 3. The molecule has 1 heterocycles. The molecule has 1 fully saturated rings. The lowest BCUT2D eigenvalue weighted by molar-refractivity contribution is 0.00578. The van der Waals surface area contributed by atoms with Gasteiger partial charge in [0, 0.05) is 11.5 Å². The molecule has 1 aromatic rings. The summed E-state index contributed by atoms with van der Waals surface area (Å²) in [5, 5.41) is 0. The summed E-state index contributed by atoms with van der Waals surface area (Å²) in [5.41, 5.74) is 1.31. The van der Waals surface area contributed by atoms with Crippen LogP contribution in [0.25, 0.3) is 0 Å². The van der Waals surface area contributed by atoms with E-state index in [0.717, 1.165) is 16.8 Å². The van der Waals surface area contributed by atoms with Gasteiger partial charge in [0.05, 0.1) is 18.3 Å². The fourth-order valence-corrected chi connectivity index (χ4v) is 2.68. The first kappa shape index (κ1) is 17.8. The highest BCUT2D eigenvalue weighted by Gasteiger charge is 2.52. The predicted molar refractivity (Wildman–Crippen MR) is 95.8 cm³/mol. The summed E-state index contributed by atoms with van der Waals surface area (Å²) >= 11 is 0. The molecule has 1 saturated heterocycles. The maximum atomic E-state index is 6.08. The van der Waals surface area contributed by atoms with Crippen LogP contribution in [-0.2, 0) is 9.31 Å². The molecule has 124 valence electrons. The zero-order valence-electron chi connectivity index (χ0n) is 14.9. The smallest absolute Gasteiger partial charge is 0.489 e. The summed E-state index contributed by atoms with van der Waals surface area (Å²) in [7, 11) is 1.29. The van der Waals surface area contributed by atoms with E-state index in [1.807, 2.05) is 52.0 Å². The summed E-state index contributed by atoms with van der Waals surface area (Å²) in [6, 6.07) is 7.99. The third kappa shape index (κ3) is 3.54. The van der Waals surface area contributed by atoms with Gasteiger partial charge in [0.1, 0.15) is 5.75 Å². The van der Waals surface area contributed by atoms with Crippen LogP contribution in [0.2, 0.25) is 0 Å². The van der Waals surface area contributed by atoms with Gasteiger partial charge in [-0.15, -0.1) is 13.2 Å². The summed E-state index contributed by atoms with van der Waals surface area (Å²) < 4.78 is 17.6. The maximum absolute atomic E-state index is 6.08. The largest absolute Gasteiger partial charge is 0.496 e. The second-order valence-electron chi connectivity index (χ2n) is 7.03. The van der Waals surface area contributed by atoms with Gasteiger partial charge in [-0.1, -0.05) is 24.3 Å². The normalized spacial score (nSPS) is 20.1. The van der Waals surface area contributed by atoms with Crippen molar-refractivity contribution < 1.29 is 14.0 Å². The van der Waals surface area contributed by atoms with Gasteiger partial charge in [0.15, 0.2) is 0 Å². The van der Waals surface area contributed by atoms with Crippen LogP contribution in [0.15, 0.2) is 49.0 Å². The SMILES string of the molecule is C=C[C@@H](CC(=C)B1OC(C)(C)C(C)(C)O1)c1ccccc1OC. The average Bonchev–Trinajstić information content (AvgIpc) is 2.73. The standard InChI is InChI=1S/C19H27BO3/c1-8-15(16-11-9-10-12-17(16)21-7)13-14(2)20-22-18(3,4)19(5,6)23-20/h8-12,15H,1-2,13H2,3-7H3/t15-/m0/s1. The van der Waals surface area contributed by atoms with Gasteiger partial charge >= 0.3 is 7.12 Å². The van der Waals surface area contributed by atoms with Gasteiger partial charge < -0.3 is 14.0 Å². The molecule has 1 aliphatic rings. The lowest BCUT2D eigenvalue weighted by Gasteiger charge is -2.32. The van der Waals surface area contributed by atoms with Gasteiger partial charge in [-0.3, -0.25) is 0 Å². The van der Waals surface area contributed by atoms with Crippen molar-refractivity contribution in [1.82, 2.24) is 0 Å². The molecule has 1 atom stereocenters. The van der Waals surface area contributed by atoms with E-state index in [4.69, 9.17) is 14.0 Å². The molecule has 3 nitrogen and oxygen atoms in total.